The monoisotopic (exact) mass is 659 g/mol. The first-order valence-corrected chi connectivity index (χ1v) is 14.9. The smallest absolute Gasteiger partial charge is 0.416 e. The van der Waals surface area contributed by atoms with Gasteiger partial charge in [-0.2, -0.15) is 13.2 Å². The second-order valence-electron chi connectivity index (χ2n) is 12.3. The highest BCUT2D eigenvalue weighted by atomic mass is 19.4. The molecule has 0 fully saturated rings. The fraction of sp³-hybridized carbons (Fsp3) is 0.400. The van der Waals surface area contributed by atoms with E-state index in [0.29, 0.717) is 28.3 Å². The van der Waals surface area contributed by atoms with Crippen LogP contribution >= 0.6 is 0 Å². The fourth-order valence-electron chi connectivity index (χ4n) is 5.63. The van der Waals surface area contributed by atoms with Crippen LogP contribution in [0.2, 0.25) is 0 Å². The molecule has 0 unspecified atom stereocenters. The van der Waals surface area contributed by atoms with E-state index in [1.165, 1.54) is 24.3 Å². The lowest BCUT2D eigenvalue weighted by Crippen LogP contribution is -2.41. The average molecular weight is 660 g/mol. The van der Waals surface area contributed by atoms with Gasteiger partial charge in [0.15, 0.2) is 0 Å². The topological polar surface area (TPSA) is 91.6 Å². The number of rotatable bonds is 12. The summed E-state index contributed by atoms with van der Waals surface area (Å²) in [6.07, 6.45) is 0.923. The Morgan fingerprint density at radius 3 is 2.19 bits per heavy atom. The molecule has 47 heavy (non-hydrogen) atoms. The number of halogens is 5. The molecule has 0 spiro atoms. The van der Waals surface area contributed by atoms with Crippen molar-refractivity contribution in [2.24, 2.45) is 5.92 Å². The lowest BCUT2D eigenvalue weighted by atomic mass is 9.90. The van der Waals surface area contributed by atoms with Crippen LogP contribution in [0.3, 0.4) is 0 Å². The normalized spacial score (nSPS) is 13.0. The summed E-state index contributed by atoms with van der Waals surface area (Å²) in [7, 11) is 3.36. The molecular formula is C35H38F5N3O4. The van der Waals surface area contributed by atoms with E-state index in [-0.39, 0.29) is 42.0 Å². The minimum Gasteiger partial charge on any atom is -0.481 e. The van der Waals surface area contributed by atoms with Gasteiger partial charge in [0, 0.05) is 24.4 Å². The van der Waals surface area contributed by atoms with Gasteiger partial charge in [-0.1, -0.05) is 19.8 Å². The molecule has 1 aromatic heterocycles. The Morgan fingerprint density at radius 2 is 1.68 bits per heavy atom. The molecule has 0 saturated heterocycles. The van der Waals surface area contributed by atoms with Crippen molar-refractivity contribution < 1.29 is 36.6 Å². The molecular weight excluding hydrogens is 621 g/mol. The molecule has 3 rings (SSSR count). The molecule has 1 amide bonds. The molecule has 0 aliphatic heterocycles. The minimum absolute atomic E-state index is 0.00386. The van der Waals surface area contributed by atoms with Gasteiger partial charge in [-0.15, -0.1) is 6.42 Å². The molecule has 0 saturated carbocycles. The summed E-state index contributed by atoms with van der Waals surface area (Å²) in [4.78, 5) is 40.7. The summed E-state index contributed by atoms with van der Waals surface area (Å²) in [6.45, 7) is 7.00. The van der Waals surface area contributed by atoms with E-state index < -0.39 is 59.3 Å². The molecule has 12 heteroatoms. The number of aromatic nitrogens is 1. The number of hydrogen-bond acceptors (Lipinski definition) is 4. The number of carbonyl (C=O) groups excluding carboxylic acids is 1. The van der Waals surface area contributed by atoms with Gasteiger partial charge in [-0.25, -0.2) is 8.78 Å². The highest BCUT2D eigenvalue weighted by Crippen LogP contribution is 2.35. The maximum atomic E-state index is 15.8. The predicted octanol–water partition coefficient (Wildman–Crippen LogP) is 6.43. The number of nitrogens with one attached hydrogen (secondary N) is 1. The van der Waals surface area contributed by atoms with Crippen molar-refractivity contribution in [2.75, 3.05) is 20.6 Å². The van der Waals surface area contributed by atoms with Crippen molar-refractivity contribution >= 4 is 11.9 Å². The molecule has 2 atom stereocenters. The molecule has 0 aliphatic rings. The summed E-state index contributed by atoms with van der Waals surface area (Å²) in [5.74, 6) is -1.74. The van der Waals surface area contributed by atoms with E-state index in [4.69, 9.17) is 6.42 Å². The molecule has 252 valence electrons. The van der Waals surface area contributed by atoms with Crippen LogP contribution in [0.4, 0.5) is 22.0 Å². The van der Waals surface area contributed by atoms with Gasteiger partial charge >= 0.3 is 12.1 Å². The summed E-state index contributed by atoms with van der Waals surface area (Å²) >= 11 is 0. The van der Waals surface area contributed by atoms with Crippen molar-refractivity contribution in [3.05, 3.63) is 91.9 Å². The maximum Gasteiger partial charge on any atom is 0.416 e. The van der Waals surface area contributed by atoms with Crippen molar-refractivity contribution in [1.82, 2.24) is 14.8 Å². The van der Waals surface area contributed by atoms with E-state index in [1.807, 2.05) is 0 Å². The number of nitrogens with zero attached hydrogens (tertiary/aromatic N) is 2. The Bertz CT molecular complexity index is 1730. The summed E-state index contributed by atoms with van der Waals surface area (Å²) < 4.78 is 72.5. The largest absolute Gasteiger partial charge is 0.481 e. The number of alkyl halides is 3. The van der Waals surface area contributed by atoms with E-state index in [1.54, 1.807) is 46.7 Å². The van der Waals surface area contributed by atoms with Crippen molar-refractivity contribution in [1.29, 1.82) is 0 Å². The number of benzene rings is 2. The van der Waals surface area contributed by atoms with E-state index in [0.717, 1.165) is 10.8 Å². The van der Waals surface area contributed by atoms with Gasteiger partial charge in [0.25, 0.3) is 5.56 Å². The maximum absolute atomic E-state index is 15.8. The van der Waals surface area contributed by atoms with Crippen LogP contribution in [-0.4, -0.2) is 47.1 Å². The lowest BCUT2D eigenvalue weighted by molar-refractivity contribution is -0.139. The lowest BCUT2D eigenvalue weighted by Gasteiger charge is -2.27. The predicted molar refractivity (Wildman–Crippen MR) is 169 cm³/mol. The first kappa shape index (κ1) is 37.0. The number of aliphatic carboxylic acids is 1. The van der Waals surface area contributed by atoms with Crippen molar-refractivity contribution in [3.63, 3.8) is 0 Å². The first-order chi connectivity index (χ1) is 21.8. The Labute approximate surface area is 270 Å². The van der Waals surface area contributed by atoms with Crippen LogP contribution in [0.15, 0.2) is 41.3 Å². The van der Waals surface area contributed by atoms with E-state index >= 15 is 4.39 Å². The van der Waals surface area contributed by atoms with Gasteiger partial charge in [0.05, 0.1) is 23.6 Å². The highest BCUT2D eigenvalue weighted by Gasteiger charge is 2.36. The van der Waals surface area contributed by atoms with Gasteiger partial charge in [-0.3, -0.25) is 14.4 Å². The summed E-state index contributed by atoms with van der Waals surface area (Å²) in [5.41, 5.74) is -0.974. The van der Waals surface area contributed by atoms with E-state index in [9.17, 15) is 37.1 Å². The SMILES string of the molecule is C#Cc1cc(-c2c(C)cc(F)cc2C)cc([C@@H](CC(=O)O)NC(=O)[C@H](CC(C)C)n2cc(CCN(C)C)c(C(F)(F)F)cc2=O)c1F. The van der Waals surface area contributed by atoms with Gasteiger partial charge < -0.3 is 19.9 Å². The Kier molecular flexibility index (Phi) is 11.7. The van der Waals surface area contributed by atoms with Crippen molar-refractivity contribution in [2.45, 2.75) is 65.2 Å². The quantitative estimate of drug-likeness (QED) is 0.173. The number of carboxylic acid groups (broad SMARTS) is 1. The van der Waals surface area contributed by atoms with E-state index in [2.05, 4.69) is 11.2 Å². The third-order valence-corrected chi connectivity index (χ3v) is 7.74. The van der Waals surface area contributed by atoms with Gasteiger partial charge in [0.1, 0.15) is 17.7 Å². The Morgan fingerprint density at radius 1 is 1.06 bits per heavy atom. The second-order valence-corrected chi connectivity index (χ2v) is 12.3. The molecule has 0 radical (unpaired) electrons. The number of carbonyl (C=O) groups is 2. The van der Waals surface area contributed by atoms with Crippen molar-refractivity contribution in [3.8, 4) is 23.5 Å². The zero-order chi connectivity index (χ0) is 35.4. The zero-order valence-corrected chi connectivity index (χ0v) is 27.1. The van der Waals surface area contributed by atoms with Crippen LogP contribution < -0.4 is 10.9 Å². The van der Waals surface area contributed by atoms with Gasteiger partial charge in [0.2, 0.25) is 5.91 Å². The molecule has 2 N–H and O–H groups in total. The Balaban J connectivity index is 2.18. The number of likely N-dealkylation sites (N-methyl/N-ethyl adjacent to an activating group) is 1. The average Bonchev–Trinajstić information content (AvgIpc) is 2.94. The minimum atomic E-state index is -4.82. The van der Waals surface area contributed by atoms with Crippen LogP contribution in [0.5, 0.6) is 0 Å². The molecule has 1 heterocycles. The second kappa shape index (κ2) is 14.9. The third kappa shape index (κ3) is 9.07. The standard InChI is InChI=1S/C35H38F5N3O4/c1-8-22-14-24(32-20(4)12-25(36)13-21(32)5)15-26(33(22)37)28(17-31(45)46)41-34(47)29(11-19(2)3)43-18-23(9-10-42(6)7)27(16-30(43)44)35(38,39)40/h1,12-16,18-19,28-29H,9-11,17H2,2-7H3,(H,41,47)(H,45,46)/t28-,29+/m1/s1. The zero-order valence-electron chi connectivity index (χ0n) is 27.1. The summed E-state index contributed by atoms with van der Waals surface area (Å²) in [6, 6.07) is 2.85. The number of terminal acetylenes is 1. The summed E-state index contributed by atoms with van der Waals surface area (Å²) in [5, 5.41) is 12.3. The first-order valence-electron chi connectivity index (χ1n) is 14.9. The molecule has 0 bridgehead atoms. The molecule has 7 nitrogen and oxygen atoms in total. The number of hydrogen-bond donors (Lipinski definition) is 2. The van der Waals surface area contributed by atoms with Crippen LogP contribution in [0.25, 0.3) is 11.1 Å². The number of amides is 1. The molecule has 2 aromatic carbocycles. The number of aryl methyl sites for hydroxylation is 2. The fourth-order valence-corrected chi connectivity index (χ4v) is 5.63. The molecule has 3 aromatic rings. The Hall–Kier alpha value is -4.50. The molecule has 0 aliphatic carbocycles. The third-order valence-electron chi connectivity index (χ3n) is 7.74. The van der Waals surface area contributed by atoms with Crippen LogP contribution in [0, 0.1) is 43.7 Å². The number of pyridine rings is 1. The van der Waals surface area contributed by atoms with Crippen LogP contribution in [-0.2, 0) is 22.2 Å². The van der Waals surface area contributed by atoms with Crippen LogP contribution in [0.1, 0.15) is 72.2 Å². The number of carboxylic acids is 1. The van der Waals surface area contributed by atoms with Gasteiger partial charge in [-0.05, 0) is 98.8 Å². The highest BCUT2D eigenvalue weighted by molar-refractivity contribution is 5.82.